The second-order valence-electron chi connectivity index (χ2n) is 12.5. The molecule has 0 aromatic heterocycles. The van der Waals surface area contributed by atoms with E-state index in [1.54, 1.807) is 6.07 Å². The number of anilines is 1. The summed E-state index contributed by atoms with van der Waals surface area (Å²) in [5.74, 6) is -0.808. The van der Waals surface area contributed by atoms with E-state index in [1.807, 2.05) is 68.5 Å². The molecule has 10 nitrogen and oxygen atoms in total. The van der Waals surface area contributed by atoms with Crippen molar-refractivity contribution >= 4 is 45.2 Å². The number of hydrogen-bond acceptors (Lipinski definition) is 8. The molecular weight excluding hydrogens is 641 g/mol. The van der Waals surface area contributed by atoms with Crippen LogP contribution in [0.2, 0.25) is 0 Å². The molecule has 47 heavy (non-hydrogen) atoms. The molecule has 0 aliphatic carbocycles. The van der Waals surface area contributed by atoms with Crippen LogP contribution in [0.25, 0.3) is 0 Å². The highest BCUT2D eigenvalue weighted by molar-refractivity contribution is 7.94. The molecule has 2 aromatic carbocycles. The molecule has 3 N–H and O–H groups in total. The Kier molecular flexibility index (Phi) is 11.7. The van der Waals surface area contributed by atoms with Crippen molar-refractivity contribution in [2.75, 3.05) is 18.0 Å². The van der Waals surface area contributed by atoms with Crippen LogP contribution in [-0.4, -0.2) is 52.7 Å². The minimum Gasteiger partial charge on any atom is -0.481 e. The van der Waals surface area contributed by atoms with Gasteiger partial charge in [0.05, 0.1) is 22.4 Å². The second kappa shape index (κ2) is 15.1. The molecule has 4 rings (SSSR count). The average molecular weight is 684 g/mol. The van der Waals surface area contributed by atoms with Gasteiger partial charge in [0.1, 0.15) is 6.54 Å². The molecule has 12 heteroatoms. The van der Waals surface area contributed by atoms with Crippen molar-refractivity contribution in [1.29, 1.82) is 0 Å². The number of carbonyl (C=O) groups is 1. The largest absolute Gasteiger partial charge is 0.481 e. The maximum absolute atomic E-state index is 11.9. The molecule has 2 heterocycles. The number of hydrogen-bond donors (Lipinski definition) is 3. The van der Waals surface area contributed by atoms with E-state index in [9.17, 15) is 17.8 Å². The lowest BCUT2D eigenvalue weighted by atomic mass is 9.81. The van der Waals surface area contributed by atoms with Crippen molar-refractivity contribution in [1.82, 2.24) is 0 Å². The molecule has 0 amide bonds. The van der Waals surface area contributed by atoms with Crippen molar-refractivity contribution in [3.8, 4) is 0 Å². The predicted molar refractivity (Wildman–Crippen MR) is 184 cm³/mol. The van der Waals surface area contributed by atoms with Crippen molar-refractivity contribution in [3.63, 3.8) is 0 Å². The van der Waals surface area contributed by atoms with Gasteiger partial charge in [-0.1, -0.05) is 55.7 Å². The summed E-state index contributed by atoms with van der Waals surface area (Å²) in [5, 5.41) is 21.2. The fourth-order valence-corrected chi connectivity index (χ4v) is 7.27. The number of aliphatic carboxylic acids is 1. The van der Waals surface area contributed by atoms with Gasteiger partial charge in [-0.05, 0) is 75.6 Å². The summed E-state index contributed by atoms with van der Waals surface area (Å²) in [6.45, 7) is 12.0. The highest BCUT2D eigenvalue weighted by Gasteiger charge is 2.44. The highest BCUT2D eigenvalue weighted by atomic mass is 32.2. The SMILES string of the molecule is CC[N+]1=C(/C=C/C=C/C=C/C=C2/N(CCCCCC(=O)O)c3ccc(S(=O)(=O)O)cc3C2(C)C)C(C)(C)c2cc(SOOO)ccc21. The summed E-state index contributed by atoms with van der Waals surface area (Å²) in [6, 6.07) is 10.7. The van der Waals surface area contributed by atoms with Gasteiger partial charge in [-0.15, -0.1) is 4.33 Å². The van der Waals surface area contributed by atoms with Gasteiger partial charge in [-0.2, -0.15) is 13.0 Å². The first kappa shape index (κ1) is 36.3. The Hall–Kier alpha value is -3.52. The van der Waals surface area contributed by atoms with E-state index >= 15 is 0 Å². The third kappa shape index (κ3) is 8.14. The second-order valence-corrected chi connectivity index (χ2v) is 14.7. The number of unbranched alkanes of at least 4 members (excludes halogenated alkanes) is 2. The van der Waals surface area contributed by atoms with Crippen LogP contribution in [0.5, 0.6) is 0 Å². The number of rotatable bonds is 15. The van der Waals surface area contributed by atoms with Crippen LogP contribution in [0.1, 0.15) is 71.4 Å². The van der Waals surface area contributed by atoms with Gasteiger partial charge in [0.25, 0.3) is 10.1 Å². The number of carboxylic acid groups (broad SMARTS) is 1. The van der Waals surface area contributed by atoms with Crippen LogP contribution < -0.4 is 4.90 Å². The van der Waals surface area contributed by atoms with Crippen LogP contribution in [0, 0.1) is 0 Å². The minimum atomic E-state index is -4.36. The smallest absolute Gasteiger partial charge is 0.303 e. The zero-order chi connectivity index (χ0) is 34.4. The Bertz CT molecular complexity index is 1750. The maximum Gasteiger partial charge on any atom is 0.303 e. The van der Waals surface area contributed by atoms with E-state index < -0.39 is 21.5 Å². The van der Waals surface area contributed by atoms with Crippen molar-refractivity contribution in [2.45, 2.75) is 80.9 Å². The molecule has 252 valence electrons. The summed E-state index contributed by atoms with van der Waals surface area (Å²) in [4.78, 5) is 13.8. The van der Waals surface area contributed by atoms with Gasteiger partial charge in [-0.3, -0.25) is 9.35 Å². The number of allylic oxidation sites excluding steroid dienone is 8. The standard InChI is InChI=1S/C35H42N2O8S2/c1-6-36-29-20-18-25(46-45-44-40)23-27(29)34(2,3)31(36)15-11-8-7-9-12-16-32-35(4,5)28-24-26(47(41,42)43)19-21-30(28)37(32)22-14-10-13-17-33(38)39/h7-9,11-12,15-16,18-21,23-24H,6,10,13-14,17,22H2,1-5H3,(H2-,38,39,40,41,42,43)/p+1. The maximum atomic E-state index is 11.9. The highest BCUT2D eigenvalue weighted by Crippen LogP contribution is 2.48. The molecule has 2 aliphatic heterocycles. The zero-order valence-electron chi connectivity index (χ0n) is 27.3. The monoisotopic (exact) mass is 683 g/mol. The molecule has 0 fully saturated rings. The molecule has 0 saturated carbocycles. The number of nitrogens with zero attached hydrogens (tertiary/aromatic N) is 2. The Morgan fingerprint density at radius 2 is 1.68 bits per heavy atom. The molecule has 0 saturated heterocycles. The van der Waals surface area contributed by atoms with Gasteiger partial charge in [0, 0.05) is 52.4 Å². The van der Waals surface area contributed by atoms with E-state index in [4.69, 9.17) is 10.4 Å². The summed E-state index contributed by atoms with van der Waals surface area (Å²) in [5.41, 5.74) is 5.28. The van der Waals surface area contributed by atoms with Gasteiger partial charge >= 0.3 is 5.97 Å². The molecule has 0 radical (unpaired) electrons. The van der Waals surface area contributed by atoms with Crippen LogP contribution in [0.4, 0.5) is 11.4 Å². The third-order valence-electron chi connectivity index (χ3n) is 8.73. The lowest BCUT2D eigenvalue weighted by Gasteiger charge is -2.27. The summed E-state index contributed by atoms with van der Waals surface area (Å²) < 4.78 is 40.4. The quantitative estimate of drug-likeness (QED) is 0.0325. The summed E-state index contributed by atoms with van der Waals surface area (Å²) in [7, 11) is -4.36. The molecule has 0 unspecified atom stereocenters. The first-order chi connectivity index (χ1) is 22.2. The minimum absolute atomic E-state index is 0.128. The Morgan fingerprint density at radius 3 is 2.36 bits per heavy atom. The van der Waals surface area contributed by atoms with Gasteiger partial charge in [0.15, 0.2) is 5.71 Å². The fourth-order valence-electron chi connectivity index (χ4n) is 6.37. The Morgan fingerprint density at radius 1 is 0.957 bits per heavy atom. The molecule has 2 aromatic rings. The van der Waals surface area contributed by atoms with Gasteiger partial charge in [0.2, 0.25) is 5.69 Å². The Labute approximate surface area is 281 Å². The molecule has 0 bridgehead atoms. The molecular formula is C35H43N2O8S2+. The topological polar surface area (TPSA) is 137 Å². The number of carboxylic acids is 1. The van der Waals surface area contributed by atoms with Crippen LogP contribution in [0.15, 0.2) is 94.4 Å². The average Bonchev–Trinajstić information content (AvgIpc) is 3.36. The number of benzene rings is 2. The normalized spacial score (nSPS) is 17.9. The lowest BCUT2D eigenvalue weighted by molar-refractivity contribution is -0.433. The lowest BCUT2D eigenvalue weighted by Crippen LogP contribution is -2.27. The van der Waals surface area contributed by atoms with Crippen molar-refractivity contribution < 1.29 is 42.1 Å². The zero-order valence-corrected chi connectivity index (χ0v) is 29.0. The molecule has 0 atom stereocenters. The molecule has 0 spiro atoms. The number of fused-ring (bicyclic) bond motifs is 2. The summed E-state index contributed by atoms with van der Waals surface area (Å²) in [6.07, 6.45) is 16.2. The Balaban J connectivity index is 1.53. The van der Waals surface area contributed by atoms with Crippen LogP contribution in [0.3, 0.4) is 0 Å². The third-order valence-corrected chi connectivity index (χ3v) is 10.2. The molecule has 2 aliphatic rings. The van der Waals surface area contributed by atoms with Crippen LogP contribution >= 0.6 is 12.0 Å². The van der Waals surface area contributed by atoms with Gasteiger partial charge < -0.3 is 10.0 Å². The van der Waals surface area contributed by atoms with E-state index in [2.05, 4.69) is 45.7 Å². The van der Waals surface area contributed by atoms with E-state index in [0.29, 0.717) is 13.0 Å². The van der Waals surface area contributed by atoms with Gasteiger partial charge in [-0.25, -0.2) is 5.26 Å². The van der Waals surface area contributed by atoms with Crippen molar-refractivity contribution in [3.05, 3.63) is 95.8 Å². The first-order valence-electron chi connectivity index (χ1n) is 15.5. The van der Waals surface area contributed by atoms with E-state index in [-0.39, 0.29) is 16.7 Å². The van der Waals surface area contributed by atoms with Crippen LogP contribution in [-0.2, 0) is 35.1 Å². The van der Waals surface area contributed by atoms with Crippen molar-refractivity contribution in [2.24, 2.45) is 0 Å². The first-order valence-corrected chi connectivity index (χ1v) is 17.7. The van der Waals surface area contributed by atoms with E-state index in [0.717, 1.165) is 70.2 Å². The predicted octanol–water partition coefficient (Wildman–Crippen LogP) is 7.75. The summed E-state index contributed by atoms with van der Waals surface area (Å²) >= 11 is 0.942. The fraction of sp³-hybridized carbons (Fsp3) is 0.371. The van der Waals surface area contributed by atoms with E-state index in [1.165, 1.54) is 12.1 Å².